The molecule has 0 heterocycles. The number of hydrogen-bond donors (Lipinski definition) is 3. The summed E-state index contributed by atoms with van der Waals surface area (Å²) in [5.74, 6) is -0.697. The van der Waals surface area contributed by atoms with Gasteiger partial charge in [0.1, 0.15) is 5.54 Å². The van der Waals surface area contributed by atoms with Gasteiger partial charge in [-0.2, -0.15) is 0 Å². The summed E-state index contributed by atoms with van der Waals surface area (Å²) in [6.45, 7) is 2.81. The second-order valence-corrected chi connectivity index (χ2v) is 2.32. The van der Waals surface area contributed by atoms with Gasteiger partial charge < -0.3 is 16.6 Å². The molecule has 4 nitrogen and oxygen atoms in total. The Morgan fingerprint density at radius 3 is 2.11 bits per heavy atom. The third-order valence-electron chi connectivity index (χ3n) is 1.40. The van der Waals surface area contributed by atoms with Crippen LogP contribution in [0, 0.1) is 0 Å². The average Bonchev–Trinajstić information content (AvgIpc) is 1.65. The topological polar surface area (TPSA) is 89.3 Å². The number of amides is 1. The summed E-state index contributed by atoms with van der Waals surface area (Å²) < 4.78 is 0. The minimum atomic E-state index is -1.31. The van der Waals surface area contributed by atoms with Crippen LogP contribution >= 0.6 is 0 Å². The predicted molar refractivity (Wildman–Crippen MR) is 33.5 cm³/mol. The lowest BCUT2D eigenvalue weighted by Gasteiger charge is -2.23. The highest BCUT2D eigenvalue weighted by Crippen LogP contribution is 2.03. The summed E-state index contributed by atoms with van der Waals surface area (Å²) in [7, 11) is 0. The second kappa shape index (κ2) is 2.33. The predicted octanol–water partition coefficient (Wildman–Crippen LogP) is -1.43. The molecule has 1 amide bonds. The number of carbonyl (C=O) groups is 1. The fourth-order valence-electron chi connectivity index (χ4n) is 0.206. The van der Waals surface area contributed by atoms with Crippen LogP contribution in [-0.2, 0) is 4.79 Å². The van der Waals surface area contributed by atoms with Gasteiger partial charge in [-0.1, -0.05) is 0 Å². The van der Waals surface area contributed by atoms with E-state index in [0.29, 0.717) is 0 Å². The molecule has 0 aromatic rings. The van der Waals surface area contributed by atoms with Crippen molar-refractivity contribution in [3.05, 3.63) is 0 Å². The monoisotopic (exact) mass is 132 g/mol. The highest BCUT2D eigenvalue weighted by Gasteiger charge is 2.30. The number of hydrogen-bond acceptors (Lipinski definition) is 3. The zero-order valence-electron chi connectivity index (χ0n) is 5.59. The van der Waals surface area contributed by atoms with Crippen molar-refractivity contribution in [3.8, 4) is 0 Å². The smallest absolute Gasteiger partial charge is 0.239 e. The molecule has 0 fully saturated rings. The van der Waals surface area contributed by atoms with Crippen molar-refractivity contribution in [2.24, 2.45) is 11.5 Å². The molecule has 5 N–H and O–H groups in total. The van der Waals surface area contributed by atoms with Gasteiger partial charge in [0.15, 0.2) is 0 Å². The molecule has 2 atom stereocenters. The minimum Gasteiger partial charge on any atom is -0.391 e. The van der Waals surface area contributed by atoms with Crippen LogP contribution in [0.3, 0.4) is 0 Å². The fourth-order valence-corrected chi connectivity index (χ4v) is 0.206. The summed E-state index contributed by atoms with van der Waals surface area (Å²) in [5, 5.41) is 8.82. The van der Waals surface area contributed by atoms with Gasteiger partial charge in [-0.3, -0.25) is 4.79 Å². The van der Waals surface area contributed by atoms with Crippen LogP contribution in [0.5, 0.6) is 0 Å². The Morgan fingerprint density at radius 1 is 1.78 bits per heavy atom. The first-order valence-corrected chi connectivity index (χ1v) is 2.66. The summed E-state index contributed by atoms with van der Waals surface area (Å²) >= 11 is 0. The molecule has 0 spiro atoms. The number of primary amides is 1. The van der Waals surface area contributed by atoms with E-state index in [1.807, 2.05) is 0 Å². The van der Waals surface area contributed by atoms with Gasteiger partial charge in [-0.25, -0.2) is 0 Å². The highest BCUT2D eigenvalue weighted by molar-refractivity contribution is 5.84. The molecule has 54 valence electrons. The minimum absolute atomic E-state index is 0.697. The zero-order chi connectivity index (χ0) is 7.65. The lowest BCUT2D eigenvalue weighted by molar-refractivity contribution is -0.125. The number of aliphatic hydroxyl groups is 1. The summed E-state index contributed by atoms with van der Waals surface area (Å²) in [6.07, 6.45) is -0.907. The van der Waals surface area contributed by atoms with Gasteiger partial charge in [0, 0.05) is 0 Å². The lowest BCUT2D eigenvalue weighted by Crippen LogP contribution is -2.56. The SMILES string of the molecule is CC(O)C(C)(N)C(N)=O. The largest absolute Gasteiger partial charge is 0.391 e. The molecule has 2 unspecified atom stereocenters. The average molecular weight is 132 g/mol. The van der Waals surface area contributed by atoms with E-state index >= 15 is 0 Å². The van der Waals surface area contributed by atoms with Crippen molar-refractivity contribution >= 4 is 5.91 Å². The van der Waals surface area contributed by atoms with Gasteiger partial charge in [-0.15, -0.1) is 0 Å². The van der Waals surface area contributed by atoms with Crippen molar-refractivity contribution in [1.29, 1.82) is 0 Å². The molecule has 0 aromatic heterocycles. The Kier molecular flexibility index (Phi) is 2.17. The maximum absolute atomic E-state index is 10.4. The maximum atomic E-state index is 10.4. The van der Waals surface area contributed by atoms with Gasteiger partial charge in [-0.05, 0) is 13.8 Å². The van der Waals surface area contributed by atoms with Crippen LogP contribution in [0.2, 0.25) is 0 Å². The molecule has 9 heavy (non-hydrogen) atoms. The van der Waals surface area contributed by atoms with Crippen LogP contribution in [-0.4, -0.2) is 22.7 Å². The molecule has 0 saturated carbocycles. The molecular formula is C5H12N2O2. The third kappa shape index (κ3) is 1.65. The zero-order valence-corrected chi connectivity index (χ0v) is 5.59. The van der Waals surface area contributed by atoms with E-state index in [4.69, 9.17) is 16.6 Å². The van der Waals surface area contributed by atoms with Crippen molar-refractivity contribution in [2.75, 3.05) is 0 Å². The van der Waals surface area contributed by atoms with E-state index in [2.05, 4.69) is 0 Å². The Bertz CT molecular complexity index is 120. The Balaban J connectivity index is 4.19. The van der Waals surface area contributed by atoms with Crippen LogP contribution in [0.1, 0.15) is 13.8 Å². The lowest BCUT2D eigenvalue weighted by atomic mass is 9.97. The summed E-state index contributed by atoms with van der Waals surface area (Å²) in [6, 6.07) is 0. The Labute approximate surface area is 53.8 Å². The third-order valence-corrected chi connectivity index (χ3v) is 1.40. The first kappa shape index (κ1) is 8.39. The van der Waals surface area contributed by atoms with Gasteiger partial charge in [0.25, 0.3) is 0 Å². The number of rotatable bonds is 2. The van der Waals surface area contributed by atoms with Crippen molar-refractivity contribution in [2.45, 2.75) is 25.5 Å². The molecular weight excluding hydrogens is 120 g/mol. The molecule has 0 saturated heterocycles. The molecule has 4 heteroatoms. The second-order valence-electron chi connectivity index (χ2n) is 2.32. The highest BCUT2D eigenvalue weighted by atomic mass is 16.3. The number of nitrogens with two attached hydrogens (primary N) is 2. The summed E-state index contributed by atoms with van der Waals surface area (Å²) in [5.41, 5.74) is 8.82. The first-order valence-electron chi connectivity index (χ1n) is 2.66. The normalized spacial score (nSPS) is 20.4. The molecule has 0 aromatic carbocycles. The van der Waals surface area contributed by atoms with Crippen molar-refractivity contribution in [1.82, 2.24) is 0 Å². The van der Waals surface area contributed by atoms with E-state index < -0.39 is 17.6 Å². The standard InChI is InChI=1S/C5H12N2O2/c1-3(8)5(2,7)4(6)9/h3,8H,7H2,1-2H3,(H2,6,9). The maximum Gasteiger partial charge on any atom is 0.239 e. The molecule has 0 aliphatic heterocycles. The van der Waals surface area contributed by atoms with E-state index in [1.165, 1.54) is 13.8 Å². The molecule has 0 rings (SSSR count). The van der Waals surface area contributed by atoms with Crippen molar-refractivity contribution in [3.63, 3.8) is 0 Å². The fraction of sp³-hybridized carbons (Fsp3) is 0.800. The van der Waals surface area contributed by atoms with E-state index in [1.54, 1.807) is 0 Å². The quantitative estimate of drug-likeness (QED) is 0.430. The number of aliphatic hydroxyl groups excluding tert-OH is 1. The van der Waals surface area contributed by atoms with Gasteiger partial charge in [0.2, 0.25) is 5.91 Å². The summed E-state index contributed by atoms with van der Waals surface area (Å²) in [4.78, 5) is 10.4. The molecule has 0 radical (unpaired) electrons. The van der Waals surface area contributed by atoms with Crippen molar-refractivity contribution < 1.29 is 9.90 Å². The van der Waals surface area contributed by atoms with Crippen LogP contribution in [0.4, 0.5) is 0 Å². The van der Waals surface area contributed by atoms with E-state index in [0.717, 1.165) is 0 Å². The Hall–Kier alpha value is -0.610. The Morgan fingerprint density at radius 2 is 2.11 bits per heavy atom. The van der Waals surface area contributed by atoms with Gasteiger partial charge >= 0.3 is 0 Å². The van der Waals surface area contributed by atoms with Crippen LogP contribution in [0.25, 0.3) is 0 Å². The van der Waals surface area contributed by atoms with E-state index in [9.17, 15) is 4.79 Å². The molecule has 0 aliphatic carbocycles. The first-order chi connectivity index (χ1) is 3.89. The molecule has 0 aliphatic rings. The van der Waals surface area contributed by atoms with Crippen LogP contribution < -0.4 is 11.5 Å². The van der Waals surface area contributed by atoms with Crippen LogP contribution in [0.15, 0.2) is 0 Å². The molecule has 0 bridgehead atoms. The number of carbonyl (C=O) groups excluding carboxylic acids is 1. The van der Waals surface area contributed by atoms with Gasteiger partial charge in [0.05, 0.1) is 6.10 Å². The van der Waals surface area contributed by atoms with E-state index in [-0.39, 0.29) is 0 Å².